The summed E-state index contributed by atoms with van der Waals surface area (Å²) in [5.41, 5.74) is 2.60. The SMILES string of the molecule is CO[C@@H]1CCOC[C@H]1NC(=O)C1Cc2ccccc2C1. The topological polar surface area (TPSA) is 47.6 Å². The Morgan fingerprint density at radius 1 is 1.30 bits per heavy atom. The number of fused-ring (bicyclic) bond motifs is 1. The predicted octanol–water partition coefficient (Wildman–Crippen LogP) is 1.32. The fourth-order valence-electron chi connectivity index (χ4n) is 3.18. The highest BCUT2D eigenvalue weighted by atomic mass is 16.5. The molecule has 3 rings (SSSR count). The summed E-state index contributed by atoms with van der Waals surface area (Å²) in [6.45, 7) is 1.25. The van der Waals surface area contributed by atoms with Gasteiger partial charge >= 0.3 is 0 Å². The zero-order valence-electron chi connectivity index (χ0n) is 11.8. The highest BCUT2D eigenvalue weighted by Crippen LogP contribution is 2.26. The Morgan fingerprint density at radius 2 is 2.00 bits per heavy atom. The van der Waals surface area contributed by atoms with Gasteiger partial charge in [0, 0.05) is 19.6 Å². The molecule has 0 aromatic heterocycles. The molecule has 1 aliphatic heterocycles. The van der Waals surface area contributed by atoms with Crippen LogP contribution in [-0.4, -0.2) is 38.4 Å². The zero-order valence-corrected chi connectivity index (χ0v) is 11.8. The van der Waals surface area contributed by atoms with Crippen molar-refractivity contribution in [1.82, 2.24) is 5.32 Å². The molecule has 4 nitrogen and oxygen atoms in total. The maximum absolute atomic E-state index is 12.4. The molecule has 0 unspecified atom stereocenters. The Morgan fingerprint density at radius 3 is 2.65 bits per heavy atom. The number of nitrogens with one attached hydrogen (secondary N) is 1. The van der Waals surface area contributed by atoms with Crippen LogP contribution in [0.4, 0.5) is 0 Å². The van der Waals surface area contributed by atoms with E-state index in [1.165, 1.54) is 11.1 Å². The van der Waals surface area contributed by atoms with Crippen LogP contribution >= 0.6 is 0 Å². The van der Waals surface area contributed by atoms with E-state index in [4.69, 9.17) is 9.47 Å². The van der Waals surface area contributed by atoms with Gasteiger partial charge in [-0.15, -0.1) is 0 Å². The van der Waals surface area contributed by atoms with Gasteiger partial charge in [0.15, 0.2) is 0 Å². The molecule has 0 bridgehead atoms. The van der Waals surface area contributed by atoms with Gasteiger partial charge in [-0.3, -0.25) is 4.79 Å². The van der Waals surface area contributed by atoms with Crippen LogP contribution in [0.5, 0.6) is 0 Å². The number of benzene rings is 1. The van der Waals surface area contributed by atoms with Gasteiger partial charge in [0.1, 0.15) is 0 Å². The number of carbonyl (C=O) groups excluding carboxylic acids is 1. The van der Waals surface area contributed by atoms with E-state index in [0.717, 1.165) is 19.3 Å². The van der Waals surface area contributed by atoms with Gasteiger partial charge in [0.2, 0.25) is 5.91 Å². The summed E-state index contributed by atoms with van der Waals surface area (Å²) in [4.78, 5) is 12.4. The summed E-state index contributed by atoms with van der Waals surface area (Å²) < 4.78 is 10.9. The quantitative estimate of drug-likeness (QED) is 0.905. The van der Waals surface area contributed by atoms with Crippen LogP contribution in [0.1, 0.15) is 17.5 Å². The second-order valence-electron chi connectivity index (χ2n) is 5.63. The molecule has 1 heterocycles. The number of hydrogen-bond acceptors (Lipinski definition) is 3. The largest absolute Gasteiger partial charge is 0.379 e. The number of methoxy groups -OCH3 is 1. The van der Waals surface area contributed by atoms with Crippen molar-refractivity contribution in [2.75, 3.05) is 20.3 Å². The Bertz CT molecular complexity index is 463. The molecule has 1 aromatic carbocycles. The third kappa shape index (κ3) is 2.72. The Kier molecular flexibility index (Phi) is 4.03. The lowest BCUT2D eigenvalue weighted by Crippen LogP contribution is -2.51. The van der Waals surface area contributed by atoms with E-state index in [1.54, 1.807) is 7.11 Å². The van der Waals surface area contributed by atoms with E-state index in [2.05, 4.69) is 17.4 Å². The number of ether oxygens (including phenoxy) is 2. The van der Waals surface area contributed by atoms with Crippen molar-refractivity contribution < 1.29 is 14.3 Å². The second kappa shape index (κ2) is 5.94. The minimum absolute atomic E-state index is 0.0232. The first-order valence-electron chi connectivity index (χ1n) is 7.25. The van der Waals surface area contributed by atoms with E-state index >= 15 is 0 Å². The predicted molar refractivity (Wildman–Crippen MR) is 75.5 cm³/mol. The molecule has 1 N–H and O–H groups in total. The molecule has 0 saturated carbocycles. The summed E-state index contributed by atoms with van der Waals surface area (Å²) in [5.74, 6) is 0.172. The molecule has 1 fully saturated rings. The first-order chi connectivity index (χ1) is 9.78. The van der Waals surface area contributed by atoms with E-state index in [9.17, 15) is 4.79 Å². The minimum Gasteiger partial charge on any atom is -0.379 e. The van der Waals surface area contributed by atoms with E-state index in [-0.39, 0.29) is 24.0 Å². The van der Waals surface area contributed by atoms with Crippen LogP contribution in [-0.2, 0) is 27.1 Å². The van der Waals surface area contributed by atoms with Gasteiger partial charge in [-0.2, -0.15) is 0 Å². The summed E-state index contributed by atoms with van der Waals surface area (Å²) in [5, 5.41) is 3.11. The van der Waals surface area contributed by atoms with Gasteiger partial charge < -0.3 is 14.8 Å². The molecule has 1 saturated heterocycles. The minimum atomic E-state index is -0.0232. The summed E-state index contributed by atoms with van der Waals surface area (Å²) in [7, 11) is 1.70. The first kappa shape index (κ1) is 13.6. The molecular formula is C16H21NO3. The monoisotopic (exact) mass is 275 g/mol. The van der Waals surface area contributed by atoms with Crippen molar-refractivity contribution in [3.63, 3.8) is 0 Å². The van der Waals surface area contributed by atoms with Crippen LogP contribution in [0.3, 0.4) is 0 Å². The van der Waals surface area contributed by atoms with Crippen molar-refractivity contribution in [2.45, 2.75) is 31.4 Å². The lowest BCUT2D eigenvalue weighted by Gasteiger charge is -2.31. The number of amides is 1. The fraction of sp³-hybridized carbons (Fsp3) is 0.562. The molecule has 20 heavy (non-hydrogen) atoms. The molecule has 4 heteroatoms. The van der Waals surface area contributed by atoms with Gasteiger partial charge in [0.05, 0.1) is 18.8 Å². The molecule has 108 valence electrons. The normalized spacial score (nSPS) is 26.2. The van der Waals surface area contributed by atoms with Crippen molar-refractivity contribution in [2.24, 2.45) is 5.92 Å². The highest BCUT2D eigenvalue weighted by Gasteiger charge is 2.32. The van der Waals surface area contributed by atoms with Crippen molar-refractivity contribution in [3.8, 4) is 0 Å². The highest BCUT2D eigenvalue weighted by molar-refractivity contribution is 5.80. The number of hydrogen-bond donors (Lipinski definition) is 1. The third-order valence-electron chi connectivity index (χ3n) is 4.35. The van der Waals surface area contributed by atoms with E-state index in [1.807, 2.05) is 12.1 Å². The van der Waals surface area contributed by atoms with Gasteiger partial charge in [-0.05, 0) is 30.4 Å². The third-order valence-corrected chi connectivity index (χ3v) is 4.35. The first-order valence-corrected chi connectivity index (χ1v) is 7.25. The Hall–Kier alpha value is -1.39. The van der Waals surface area contributed by atoms with Crippen LogP contribution in [0, 0.1) is 5.92 Å². The van der Waals surface area contributed by atoms with Crippen LogP contribution in [0.25, 0.3) is 0 Å². The van der Waals surface area contributed by atoms with Crippen LogP contribution in [0.2, 0.25) is 0 Å². The van der Waals surface area contributed by atoms with E-state index < -0.39 is 0 Å². The van der Waals surface area contributed by atoms with Gasteiger partial charge in [-0.1, -0.05) is 24.3 Å². The molecule has 2 atom stereocenters. The zero-order chi connectivity index (χ0) is 13.9. The Labute approximate surface area is 119 Å². The van der Waals surface area contributed by atoms with Gasteiger partial charge in [0.25, 0.3) is 0 Å². The average Bonchev–Trinajstić information content (AvgIpc) is 2.92. The molecule has 2 aliphatic rings. The molecule has 1 aliphatic carbocycles. The lowest BCUT2D eigenvalue weighted by molar-refractivity contribution is -0.128. The molecule has 0 spiro atoms. The second-order valence-corrected chi connectivity index (χ2v) is 5.63. The van der Waals surface area contributed by atoms with Crippen LogP contribution < -0.4 is 5.32 Å². The summed E-state index contributed by atoms with van der Waals surface area (Å²) in [6.07, 6.45) is 2.59. The molecular weight excluding hydrogens is 254 g/mol. The lowest BCUT2D eigenvalue weighted by atomic mass is 10.0. The van der Waals surface area contributed by atoms with Crippen molar-refractivity contribution in [3.05, 3.63) is 35.4 Å². The molecule has 1 aromatic rings. The standard InChI is InChI=1S/C16H21NO3/c1-19-15-6-7-20-10-14(15)17-16(18)13-8-11-4-2-3-5-12(11)9-13/h2-5,13-15H,6-10H2,1H3,(H,17,18)/t14-,15-/m1/s1. The number of carbonyl (C=O) groups is 1. The maximum Gasteiger partial charge on any atom is 0.224 e. The fourth-order valence-corrected chi connectivity index (χ4v) is 3.18. The Balaban J connectivity index is 1.60. The number of rotatable bonds is 3. The maximum atomic E-state index is 12.4. The van der Waals surface area contributed by atoms with Crippen molar-refractivity contribution in [1.29, 1.82) is 0 Å². The van der Waals surface area contributed by atoms with Gasteiger partial charge in [-0.25, -0.2) is 0 Å². The van der Waals surface area contributed by atoms with E-state index in [0.29, 0.717) is 13.2 Å². The van der Waals surface area contributed by atoms with Crippen molar-refractivity contribution >= 4 is 5.91 Å². The van der Waals surface area contributed by atoms with Crippen LogP contribution in [0.15, 0.2) is 24.3 Å². The summed E-state index contributed by atoms with van der Waals surface area (Å²) >= 11 is 0. The molecule has 1 amide bonds. The average molecular weight is 275 g/mol. The molecule has 0 radical (unpaired) electrons. The smallest absolute Gasteiger partial charge is 0.224 e. The summed E-state index contributed by atoms with van der Waals surface area (Å²) in [6, 6.07) is 8.28.